The molecular weight excluding hydrogens is 306 g/mol. The highest BCUT2D eigenvalue weighted by atomic mass is 16.3. The van der Waals surface area contributed by atoms with Crippen LogP contribution in [0.4, 0.5) is 10.5 Å². The zero-order valence-corrected chi connectivity index (χ0v) is 14.2. The van der Waals surface area contributed by atoms with Gasteiger partial charge in [-0.1, -0.05) is 6.92 Å². The van der Waals surface area contributed by atoms with Crippen molar-refractivity contribution in [1.29, 1.82) is 0 Å². The Labute approximate surface area is 141 Å². The number of hydrogen-bond donors (Lipinski definition) is 3. The van der Waals surface area contributed by atoms with E-state index in [1.54, 1.807) is 42.7 Å². The van der Waals surface area contributed by atoms with Gasteiger partial charge in [0.2, 0.25) is 0 Å². The van der Waals surface area contributed by atoms with Gasteiger partial charge in [0.25, 0.3) is 5.91 Å². The monoisotopic (exact) mass is 329 g/mol. The molecule has 2 rings (SSSR count). The van der Waals surface area contributed by atoms with E-state index >= 15 is 0 Å². The van der Waals surface area contributed by atoms with Crippen LogP contribution in [0.15, 0.2) is 47.1 Å². The average Bonchev–Trinajstić information content (AvgIpc) is 3.06. The number of furan rings is 1. The number of nitrogens with one attached hydrogen (secondary N) is 3. The molecule has 0 bridgehead atoms. The third kappa shape index (κ3) is 5.15. The predicted octanol–water partition coefficient (Wildman–Crippen LogP) is 3.52. The van der Waals surface area contributed by atoms with Crippen LogP contribution in [-0.2, 0) is 6.54 Å². The molecule has 0 fully saturated rings. The molecule has 1 heterocycles. The van der Waals surface area contributed by atoms with Crippen molar-refractivity contribution in [2.24, 2.45) is 0 Å². The van der Waals surface area contributed by atoms with Gasteiger partial charge in [0.1, 0.15) is 5.76 Å². The summed E-state index contributed by atoms with van der Waals surface area (Å²) in [6.45, 7) is 6.29. The van der Waals surface area contributed by atoms with Crippen LogP contribution >= 0.6 is 0 Å². The standard InChI is InChI=1S/C18H23N3O3/c1-4-18(2,3)21-16(22)13-7-9-14(10-8-13)20-17(23)19-12-15-6-5-11-24-15/h5-11H,4,12H2,1-3H3,(H,21,22)(H2,19,20,23). The summed E-state index contributed by atoms with van der Waals surface area (Å²) < 4.78 is 5.14. The van der Waals surface area contributed by atoms with Crippen LogP contribution in [0.25, 0.3) is 0 Å². The zero-order valence-electron chi connectivity index (χ0n) is 14.2. The van der Waals surface area contributed by atoms with Crippen LogP contribution in [0.3, 0.4) is 0 Å². The van der Waals surface area contributed by atoms with Crippen LogP contribution < -0.4 is 16.0 Å². The van der Waals surface area contributed by atoms with Crippen LogP contribution in [-0.4, -0.2) is 17.5 Å². The Hall–Kier alpha value is -2.76. The maximum atomic E-state index is 12.2. The van der Waals surface area contributed by atoms with Crippen molar-refractivity contribution in [1.82, 2.24) is 10.6 Å². The molecule has 24 heavy (non-hydrogen) atoms. The number of anilines is 1. The summed E-state index contributed by atoms with van der Waals surface area (Å²) in [4.78, 5) is 24.0. The van der Waals surface area contributed by atoms with E-state index in [1.807, 2.05) is 20.8 Å². The quantitative estimate of drug-likeness (QED) is 0.758. The Bertz CT molecular complexity index is 676. The lowest BCUT2D eigenvalue weighted by Gasteiger charge is -2.24. The minimum atomic E-state index is -0.337. The van der Waals surface area contributed by atoms with E-state index in [1.165, 1.54) is 0 Å². The summed E-state index contributed by atoms with van der Waals surface area (Å²) in [6.07, 6.45) is 2.40. The maximum Gasteiger partial charge on any atom is 0.319 e. The Morgan fingerprint density at radius 1 is 1.12 bits per heavy atom. The van der Waals surface area contributed by atoms with Crippen LogP contribution in [0.2, 0.25) is 0 Å². The van der Waals surface area contributed by atoms with Crippen molar-refractivity contribution in [3.05, 3.63) is 54.0 Å². The second kappa shape index (κ2) is 7.68. The van der Waals surface area contributed by atoms with Gasteiger partial charge in [-0.25, -0.2) is 4.79 Å². The van der Waals surface area contributed by atoms with Crippen LogP contribution in [0, 0.1) is 0 Å². The summed E-state index contributed by atoms with van der Waals surface area (Å²) in [6, 6.07) is 9.97. The summed E-state index contributed by atoms with van der Waals surface area (Å²) in [7, 11) is 0. The smallest absolute Gasteiger partial charge is 0.319 e. The van der Waals surface area contributed by atoms with Gasteiger partial charge in [0.05, 0.1) is 12.8 Å². The second-order valence-electron chi connectivity index (χ2n) is 6.16. The third-order valence-corrected chi connectivity index (χ3v) is 3.74. The van der Waals surface area contributed by atoms with E-state index in [-0.39, 0.29) is 17.5 Å². The van der Waals surface area contributed by atoms with E-state index < -0.39 is 0 Å². The summed E-state index contributed by atoms with van der Waals surface area (Å²) >= 11 is 0. The molecule has 0 aliphatic rings. The zero-order chi connectivity index (χ0) is 17.6. The van der Waals surface area contributed by atoms with Gasteiger partial charge < -0.3 is 20.4 Å². The molecule has 0 unspecified atom stereocenters. The first-order valence-electron chi connectivity index (χ1n) is 7.89. The molecule has 0 atom stereocenters. The first-order chi connectivity index (χ1) is 11.4. The van der Waals surface area contributed by atoms with Gasteiger partial charge in [-0.2, -0.15) is 0 Å². The number of carbonyl (C=O) groups excluding carboxylic acids is 2. The number of benzene rings is 1. The molecule has 1 aromatic carbocycles. The highest BCUT2D eigenvalue weighted by Gasteiger charge is 2.18. The van der Waals surface area contributed by atoms with E-state index in [9.17, 15) is 9.59 Å². The Kier molecular flexibility index (Phi) is 5.63. The van der Waals surface area contributed by atoms with Gasteiger partial charge in [0.15, 0.2) is 0 Å². The number of rotatable bonds is 6. The summed E-state index contributed by atoms with van der Waals surface area (Å²) in [5.41, 5.74) is 0.913. The van der Waals surface area contributed by atoms with E-state index in [0.717, 1.165) is 6.42 Å². The first kappa shape index (κ1) is 17.6. The Balaban J connectivity index is 1.87. The lowest BCUT2D eigenvalue weighted by Crippen LogP contribution is -2.42. The van der Waals surface area contributed by atoms with Gasteiger partial charge in [-0.3, -0.25) is 4.79 Å². The lowest BCUT2D eigenvalue weighted by molar-refractivity contribution is 0.0911. The fourth-order valence-corrected chi connectivity index (χ4v) is 1.93. The van der Waals surface area contributed by atoms with Gasteiger partial charge in [-0.15, -0.1) is 0 Å². The molecule has 3 N–H and O–H groups in total. The molecular formula is C18H23N3O3. The molecule has 6 nitrogen and oxygen atoms in total. The first-order valence-corrected chi connectivity index (χ1v) is 7.89. The Morgan fingerprint density at radius 2 is 1.83 bits per heavy atom. The molecule has 0 spiro atoms. The largest absolute Gasteiger partial charge is 0.467 e. The number of urea groups is 1. The van der Waals surface area contributed by atoms with E-state index in [0.29, 0.717) is 23.6 Å². The SMILES string of the molecule is CCC(C)(C)NC(=O)c1ccc(NC(=O)NCc2ccco2)cc1. The number of carbonyl (C=O) groups is 2. The normalized spacial score (nSPS) is 11.0. The Morgan fingerprint density at radius 3 is 2.42 bits per heavy atom. The van der Waals surface area contributed by atoms with Gasteiger partial charge in [-0.05, 0) is 56.7 Å². The van der Waals surface area contributed by atoms with Crippen molar-refractivity contribution < 1.29 is 14.0 Å². The van der Waals surface area contributed by atoms with Crippen molar-refractivity contribution in [2.45, 2.75) is 39.3 Å². The van der Waals surface area contributed by atoms with Crippen LogP contribution in [0.5, 0.6) is 0 Å². The van der Waals surface area contributed by atoms with E-state index in [4.69, 9.17) is 4.42 Å². The maximum absolute atomic E-state index is 12.2. The molecule has 2 aromatic rings. The molecule has 3 amide bonds. The molecule has 0 aliphatic carbocycles. The molecule has 0 saturated carbocycles. The molecule has 128 valence electrons. The van der Waals surface area contributed by atoms with Crippen molar-refractivity contribution in [3.63, 3.8) is 0 Å². The minimum absolute atomic E-state index is 0.129. The molecule has 0 aliphatic heterocycles. The fourth-order valence-electron chi connectivity index (χ4n) is 1.93. The topological polar surface area (TPSA) is 83.4 Å². The third-order valence-electron chi connectivity index (χ3n) is 3.74. The number of hydrogen-bond acceptors (Lipinski definition) is 3. The van der Waals surface area contributed by atoms with Crippen molar-refractivity contribution >= 4 is 17.6 Å². The highest BCUT2D eigenvalue weighted by molar-refractivity contribution is 5.95. The van der Waals surface area contributed by atoms with Crippen molar-refractivity contribution in [3.8, 4) is 0 Å². The summed E-state index contributed by atoms with van der Waals surface area (Å²) in [5.74, 6) is 0.548. The number of amides is 3. The second-order valence-corrected chi connectivity index (χ2v) is 6.16. The van der Waals surface area contributed by atoms with Gasteiger partial charge >= 0.3 is 6.03 Å². The highest BCUT2D eigenvalue weighted by Crippen LogP contribution is 2.12. The molecule has 1 aromatic heterocycles. The van der Waals surface area contributed by atoms with Gasteiger partial charge in [0, 0.05) is 16.8 Å². The lowest BCUT2D eigenvalue weighted by atomic mass is 10.0. The molecule has 0 saturated heterocycles. The molecule has 0 radical (unpaired) electrons. The van der Waals surface area contributed by atoms with Crippen molar-refractivity contribution in [2.75, 3.05) is 5.32 Å². The fraction of sp³-hybridized carbons (Fsp3) is 0.333. The predicted molar refractivity (Wildman–Crippen MR) is 92.8 cm³/mol. The van der Waals surface area contributed by atoms with Crippen LogP contribution in [0.1, 0.15) is 43.3 Å². The molecule has 6 heteroatoms. The van der Waals surface area contributed by atoms with E-state index in [2.05, 4.69) is 16.0 Å². The minimum Gasteiger partial charge on any atom is -0.467 e. The summed E-state index contributed by atoms with van der Waals surface area (Å²) in [5, 5.41) is 8.36. The average molecular weight is 329 g/mol.